The lowest BCUT2D eigenvalue weighted by Gasteiger charge is -2.12. The first-order valence-electron chi connectivity index (χ1n) is 2.71. The van der Waals surface area contributed by atoms with E-state index in [-0.39, 0.29) is 12.5 Å². The van der Waals surface area contributed by atoms with Crippen molar-refractivity contribution in [3.63, 3.8) is 0 Å². The van der Waals surface area contributed by atoms with Crippen LogP contribution in [0.15, 0.2) is 0 Å². The average molecular weight is 119 g/mol. The molecular weight excluding hydrogens is 106 g/mol. The maximum atomic E-state index is 8.80. The van der Waals surface area contributed by atoms with Gasteiger partial charge in [0.15, 0.2) is 0 Å². The van der Waals surface area contributed by atoms with Crippen molar-refractivity contribution < 1.29 is 10.2 Å². The van der Waals surface area contributed by atoms with Crippen molar-refractivity contribution in [2.45, 2.75) is 13.0 Å². The summed E-state index contributed by atoms with van der Waals surface area (Å²) < 4.78 is 0. The number of aliphatic hydroxyl groups excluding tert-OH is 2. The van der Waals surface area contributed by atoms with Gasteiger partial charge in [-0.05, 0) is 12.5 Å². The molecule has 0 aliphatic carbocycles. The van der Waals surface area contributed by atoms with E-state index in [2.05, 4.69) is 0 Å². The van der Waals surface area contributed by atoms with Crippen LogP contribution in [-0.4, -0.2) is 29.5 Å². The Bertz CT molecular complexity index is 50.4. The zero-order chi connectivity index (χ0) is 6.57. The van der Waals surface area contributed by atoms with Gasteiger partial charge in [0.25, 0.3) is 0 Å². The lowest BCUT2D eigenvalue weighted by atomic mass is 10.1. The monoisotopic (exact) mass is 119 g/mol. The average Bonchev–Trinajstić information content (AvgIpc) is 1.84. The summed E-state index contributed by atoms with van der Waals surface area (Å²) in [5, 5.41) is 17.1. The fraction of sp³-hybridized carbons (Fsp3) is 1.00. The largest absolute Gasteiger partial charge is 0.394 e. The van der Waals surface area contributed by atoms with Crippen LogP contribution in [0, 0.1) is 5.92 Å². The molecule has 2 atom stereocenters. The highest BCUT2D eigenvalue weighted by molar-refractivity contribution is 4.62. The zero-order valence-electron chi connectivity index (χ0n) is 5.04. The van der Waals surface area contributed by atoms with Crippen LogP contribution in [0.25, 0.3) is 0 Å². The van der Waals surface area contributed by atoms with Crippen LogP contribution in [0.2, 0.25) is 0 Å². The molecule has 3 nitrogen and oxygen atoms in total. The summed E-state index contributed by atoms with van der Waals surface area (Å²) in [7, 11) is 0. The van der Waals surface area contributed by atoms with Gasteiger partial charge in [-0.1, -0.05) is 6.92 Å². The summed E-state index contributed by atoms with van der Waals surface area (Å²) in [6, 6.07) is 0. The third-order valence-electron chi connectivity index (χ3n) is 1.22. The summed E-state index contributed by atoms with van der Waals surface area (Å²) in [5.41, 5.74) is 5.18. The highest BCUT2D eigenvalue weighted by Gasteiger charge is 2.09. The Kier molecular flexibility index (Phi) is 3.77. The molecule has 0 aromatic carbocycles. The van der Waals surface area contributed by atoms with E-state index in [0.29, 0.717) is 6.54 Å². The first-order chi connectivity index (χ1) is 3.72. The highest BCUT2D eigenvalue weighted by atomic mass is 16.3. The number of rotatable bonds is 3. The first-order valence-corrected chi connectivity index (χ1v) is 2.71. The number of hydrogen-bond donors (Lipinski definition) is 3. The van der Waals surface area contributed by atoms with Crippen LogP contribution < -0.4 is 5.73 Å². The van der Waals surface area contributed by atoms with Crippen molar-refractivity contribution in [1.29, 1.82) is 0 Å². The van der Waals surface area contributed by atoms with E-state index in [1.807, 2.05) is 0 Å². The maximum Gasteiger partial charge on any atom is 0.0808 e. The molecule has 3 heteroatoms. The Balaban J connectivity index is 3.29. The molecule has 0 saturated carbocycles. The Morgan fingerprint density at radius 3 is 2.25 bits per heavy atom. The molecule has 0 amide bonds. The number of nitrogens with two attached hydrogens (primary N) is 1. The van der Waals surface area contributed by atoms with Crippen molar-refractivity contribution in [3.05, 3.63) is 0 Å². The number of hydrogen-bond acceptors (Lipinski definition) is 3. The third-order valence-corrected chi connectivity index (χ3v) is 1.22. The Hall–Kier alpha value is -0.120. The van der Waals surface area contributed by atoms with Gasteiger partial charge in [0, 0.05) is 0 Å². The fourth-order valence-electron chi connectivity index (χ4n) is 0.337. The minimum atomic E-state index is -0.653. The standard InChI is InChI=1S/C5H13NO2/c1-4(2-6)5(8)3-7/h4-5,7-8H,2-3,6H2,1H3. The molecule has 0 aliphatic heterocycles. The van der Waals surface area contributed by atoms with Crippen LogP contribution in [0.5, 0.6) is 0 Å². The van der Waals surface area contributed by atoms with Crippen molar-refractivity contribution >= 4 is 0 Å². The smallest absolute Gasteiger partial charge is 0.0808 e. The maximum absolute atomic E-state index is 8.80. The van der Waals surface area contributed by atoms with Gasteiger partial charge in [-0.2, -0.15) is 0 Å². The highest BCUT2D eigenvalue weighted by Crippen LogP contribution is 1.97. The van der Waals surface area contributed by atoms with E-state index >= 15 is 0 Å². The molecular formula is C5H13NO2. The van der Waals surface area contributed by atoms with Crippen molar-refractivity contribution in [2.75, 3.05) is 13.2 Å². The lowest BCUT2D eigenvalue weighted by Crippen LogP contribution is -2.27. The molecule has 0 aromatic heterocycles. The molecule has 0 rings (SSSR count). The Morgan fingerprint density at radius 2 is 2.12 bits per heavy atom. The van der Waals surface area contributed by atoms with Gasteiger partial charge in [-0.15, -0.1) is 0 Å². The normalized spacial score (nSPS) is 18.0. The van der Waals surface area contributed by atoms with Crippen LogP contribution >= 0.6 is 0 Å². The van der Waals surface area contributed by atoms with E-state index in [9.17, 15) is 0 Å². The summed E-state index contributed by atoms with van der Waals surface area (Å²) in [6.45, 7) is 2.01. The van der Waals surface area contributed by atoms with Gasteiger partial charge in [0.2, 0.25) is 0 Å². The minimum Gasteiger partial charge on any atom is -0.394 e. The second kappa shape index (κ2) is 3.83. The predicted octanol–water partition coefficient (Wildman–Crippen LogP) is -1.07. The van der Waals surface area contributed by atoms with Crippen molar-refractivity contribution in [3.8, 4) is 0 Å². The van der Waals surface area contributed by atoms with Gasteiger partial charge in [0.05, 0.1) is 12.7 Å². The van der Waals surface area contributed by atoms with Gasteiger partial charge < -0.3 is 15.9 Å². The predicted molar refractivity (Wildman–Crippen MR) is 31.3 cm³/mol. The molecule has 0 fully saturated rings. The van der Waals surface area contributed by atoms with Crippen molar-refractivity contribution in [1.82, 2.24) is 0 Å². The second-order valence-electron chi connectivity index (χ2n) is 1.96. The van der Waals surface area contributed by atoms with Crippen LogP contribution in [0.1, 0.15) is 6.92 Å². The van der Waals surface area contributed by atoms with Gasteiger partial charge in [-0.25, -0.2) is 0 Å². The first kappa shape index (κ1) is 7.88. The fourth-order valence-corrected chi connectivity index (χ4v) is 0.337. The van der Waals surface area contributed by atoms with Gasteiger partial charge in [0.1, 0.15) is 0 Å². The lowest BCUT2D eigenvalue weighted by molar-refractivity contribution is 0.0564. The minimum absolute atomic E-state index is 0.000000000000000444. The van der Waals surface area contributed by atoms with E-state index in [4.69, 9.17) is 15.9 Å². The van der Waals surface area contributed by atoms with Gasteiger partial charge in [-0.3, -0.25) is 0 Å². The van der Waals surface area contributed by atoms with E-state index in [1.165, 1.54) is 0 Å². The van der Waals surface area contributed by atoms with E-state index in [1.54, 1.807) is 6.92 Å². The van der Waals surface area contributed by atoms with Crippen LogP contribution in [-0.2, 0) is 0 Å². The third kappa shape index (κ3) is 2.26. The molecule has 0 saturated heterocycles. The topological polar surface area (TPSA) is 66.5 Å². The molecule has 0 radical (unpaired) electrons. The molecule has 0 bridgehead atoms. The summed E-state index contributed by atoms with van der Waals surface area (Å²) in [4.78, 5) is 0. The number of aliphatic hydroxyl groups is 2. The molecule has 4 N–H and O–H groups in total. The summed E-state index contributed by atoms with van der Waals surface area (Å²) in [5.74, 6) is -0.000000000000000444. The van der Waals surface area contributed by atoms with Gasteiger partial charge >= 0.3 is 0 Å². The SMILES string of the molecule is CC(CN)C(O)CO. The van der Waals surface area contributed by atoms with E-state index in [0.717, 1.165) is 0 Å². The summed E-state index contributed by atoms with van der Waals surface area (Å²) >= 11 is 0. The molecule has 0 heterocycles. The van der Waals surface area contributed by atoms with Crippen LogP contribution in [0.4, 0.5) is 0 Å². The summed E-state index contributed by atoms with van der Waals surface area (Å²) in [6.07, 6.45) is -0.653. The molecule has 0 spiro atoms. The van der Waals surface area contributed by atoms with Crippen molar-refractivity contribution in [2.24, 2.45) is 11.7 Å². The Labute approximate surface area is 49.1 Å². The molecule has 0 aliphatic rings. The molecule has 0 aromatic rings. The zero-order valence-corrected chi connectivity index (χ0v) is 5.04. The second-order valence-corrected chi connectivity index (χ2v) is 1.96. The molecule has 2 unspecified atom stereocenters. The Morgan fingerprint density at radius 1 is 1.62 bits per heavy atom. The molecule has 50 valence electrons. The quantitative estimate of drug-likeness (QED) is 0.443. The molecule has 8 heavy (non-hydrogen) atoms. The van der Waals surface area contributed by atoms with Crippen LogP contribution in [0.3, 0.4) is 0 Å². The van der Waals surface area contributed by atoms with E-state index < -0.39 is 6.10 Å².